The highest BCUT2D eigenvalue weighted by Crippen LogP contribution is 2.42. The molecule has 1 heterocycles. The van der Waals surface area contributed by atoms with Crippen molar-refractivity contribution in [2.45, 2.75) is 82.4 Å². The molecule has 0 aromatic rings. The Hall–Kier alpha value is -0.120. The van der Waals surface area contributed by atoms with Crippen LogP contribution in [0.15, 0.2) is 0 Å². The maximum absolute atomic E-state index is 5.84. The molecule has 0 aromatic heterocycles. The molecule has 3 rings (SSSR count). The summed E-state index contributed by atoms with van der Waals surface area (Å²) in [6.07, 6.45) is 11.5. The van der Waals surface area contributed by atoms with Crippen LogP contribution in [0.1, 0.15) is 65.2 Å². The van der Waals surface area contributed by atoms with Crippen LogP contribution in [0.2, 0.25) is 0 Å². The predicted molar refractivity (Wildman–Crippen MR) is 83.1 cm³/mol. The second kappa shape index (κ2) is 5.94. The first-order valence-corrected chi connectivity index (χ1v) is 8.76. The normalized spacial score (nSPS) is 28.9. The van der Waals surface area contributed by atoms with Gasteiger partial charge in [-0.3, -0.25) is 4.90 Å². The minimum atomic E-state index is 0.359. The summed E-state index contributed by atoms with van der Waals surface area (Å²) in [6, 6.07) is 0. The quantitative estimate of drug-likeness (QED) is 0.857. The van der Waals surface area contributed by atoms with Crippen LogP contribution >= 0.6 is 0 Å². The number of nitrogens with zero attached hydrogens (tertiary/aromatic N) is 1. The Kier molecular flexibility index (Phi) is 4.40. The van der Waals surface area contributed by atoms with Crippen LogP contribution in [0.5, 0.6) is 0 Å². The maximum Gasteiger partial charge on any atom is 0.0597 e. The van der Waals surface area contributed by atoms with Gasteiger partial charge in [0.2, 0.25) is 0 Å². The van der Waals surface area contributed by atoms with Crippen molar-refractivity contribution in [2.75, 3.05) is 26.2 Å². The molecule has 116 valence electrons. The Labute approximate surface area is 124 Å². The Morgan fingerprint density at radius 3 is 2.35 bits per heavy atom. The lowest BCUT2D eigenvalue weighted by atomic mass is 9.84. The molecule has 1 saturated heterocycles. The Morgan fingerprint density at radius 2 is 1.70 bits per heavy atom. The van der Waals surface area contributed by atoms with E-state index in [1.807, 2.05) is 0 Å². The van der Waals surface area contributed by atoms with Gasteiger partial charge >= 0.3 is 0 Å². The van der Waals surface area contributed by atoms with Gasteiger partial charge in [0.25, 0.3) is 0 Å². The summed E-state index contributed by atoms with van der Waals surface area (Å²) in [5.41, 5.74) is 0.889. The molecule has 2 spiro atoms. The highest BCUT2D eigenvalue weighted by molar-refractivity contribution is 5.08. The van der Waals surface area contributed by atoms with Gasteiger partial charge in [-0.15, -0.1) is 0 Å². The lowest BCUT2D eigenvalue weighted by Gasteiger charge is -2.52. The molecule has 3 nitrogen and oxygen atoms in total. The molecular formula is C17H32N2O. The molecule has 0 amide bonds. The number of nitrogens with one attached hydrogen (secondary N) is 1. The first-order valence-electron chi connectivity index (χ1n) is 8.76. The molecule has 3 heteroatoms. The van der Waals surface area contributed by atoms with Crippen molar-refractivity contribution in [3.63, 3.8) is 0 Å². The van der Waals surface area contributed by atoms with Crippen molar-refractivity contribution in [1.82, 2.24) is 10.2 Å². The highest BCUT2D eigenvalue weighted by atomic mass is 16.5. The first-order chi connectivity index (χ1) is 9.64. The average molecular weight is 280 g/mol. The van der Waals surface area contributed by atoms with E-state index in [2.05, 4.69) is 24.1 Å². The Morgan fingerprint density at radius 1 is 1.05 bits per heavy atom. The molecule has 0 radical (unpaired) electrons. The van der Waals surface area contributed by atoms with Crippen LogP contribution in [0.3, 0.4) is 0 Å². The number of piperazine rings is 1. The molecule has 0 atom stereocenters. The smallest absolute Gasteiger partial charge is 0.0597 e. The molecule has 1 aliphatic heterocycles. The fourth-order valence-electron chi connectivity index (χ4n) is 4.68. The van der Waals surface area contributed by atoms with E-state index >= 15 is 0 Å². The third-order valence-corrected chi connectivity index (χ3v) is 5.86. The van der Waals surface area contributed by atoms with Crippen LogP contribution < -0.4 is 5.32 Å². The summed E-state index contributed by atoms with van der Waals surface area (Å²) in [5, 5.41) is 3.97. The van der Waals surface area contributed by atoms with Crippen molar-refractivity contribution in [1.29, 1.82) is 0 Å². The zero-order chi connectivity index (χ0) is 14.1. The first kappa shape index (κ1) is 14.8. The molecular weight excluding hydrogens is 248 g/mol. The van der Waals surface area contributed by atoms with Crippen LogP contribution in [-0.4, -0.2) is 48.3 Å². The number of rotatable bonds is 4. The van der Waals surface area contributed by atoms with Crippen LogP contribution in [0.25, 0.3) is 0 Å². The molecule has 3 aliphatic rings. The third-order valence-electron chi connectivity index (χ3n) is 5.86. The second-order valence-corrected chi connectivity index (χ2v) is 7.61. The monoisotopic (exact) mass is 280 g/mol. The molecule has 0 bridgehead atoms. The summed E-state index contributed by atoms with van der Waals surface area (Å²) in [4.78, 5) is 2.81. The zero-order valence-corrected chi connectivity index (χ0v) is 13.4. The van der Waals surface area contributed by atoms with Gasteiger partial charge in [-0.1, -0.05) is 25.7 Å². The van der Waals surface area contributed by atoms with Crippen LogP contribution in [0.4, 0.5) is 0 Å². The predicted octanol–water partition coefficient (Wildman–Crippen LogP) is 2.94. The van der Waals surface area contributed by atoms with E-state index < -0.39 is 0 Å². The van der Waals surface area contributed by atoms with Gasteiger partial charge in [0, 0.05) is 30.7 Å². The Balaban J connectivity index is 1.65. The molecule has 3 fully saturated rings. The second-order valence-electron chi connectivity index (χ2n) is 7.61. The minimum Gasteiger partial charge on any atom is -0.377 e. The van der Waals surface area contributed by atoms with E-state index in [-0.39, 0.29) is 0 Å². The Bertz CT molecular complexity index is 317. The van der Waals surface area contributed by atoms with E-state index in [1.165, 1.54) is 64.5 Å². The van der Waals surface area contributed by atoms with Gasteiger partial charge in [0.15, 0.2) is 0 Å². The zero-order valence-electron chi connectivity index (χ0n) is 13.4. The highest BCUT2D eigenvalue weighted by Gasteiger charge is 2.49. The van der Waals surface area contributed by atoms with Crippen molar-refractivity contribution < 1.29 is 4.74 Å². The van der Waals surface area contributed by atoms with Crippen molar-refractivity contribution >= 4 is 0 Å². The van der Waals surface area contributed by atoms with Gasteiger partial charge in [-0.2, -0.15) is 0 Å². The molecule has 0 unspecified atom stereocenters. The summed E-state index contributed by atoms with van der Waals surface area (Å²) in [5.74, 6) is 0. The van der Waals surface area contributed by atoms with Crippen molar-refractivity contribution in [3.8, 4) is 0 Å². The van der Waals surface area contributed by atoms with Gasteiger partial charge in [-0.05, 0) is 39.5 Å². The van der Waals surface area contributed by atoms with Crippen molar-refractivity contribution in [2.24, 2.45) is 0 Å². The summed E-state index contributed by atoms with van der Waals surface area (Å²) >= 11 is 0. The standard InChI is InChI=1S/C17H32N2O/c1-15(2)20-12-11-19-14-16(7-3-4-8-16)18-13-17(19)9-5-6-10-17/h15,18H,3-14H2,1-2H3. The molecule has 1 N–H and O–H groups in total. The molecule has 2 aliphatic carbocycles. The minimum absolute atomic E-state index is 0.359. The fourth-order valence-corrected chi connectivity index (χ4v) is 4.68. The van der Waals surface area contributed by atoms with Crippen LogP contribution in [0, 0.1) is 0 Å². The number of hydrogen-bond acceptors (Lipinski definition) is 3. The lowest BCUT2D eigenvalue weighted by Crippen LogP contribution is -2.68. The van der Waals surface area contributed by atoms with E-state index in [1.54, 1.807) is 0 Å². The maximum atomic E-state index is 5.84. The molecule has 20 heavy (non-hydrogen) atoms. The molecule has 2 saturated carbocycles. The van der Waals surface area contributed by atoms with Gasteiger partial charge in [-0.25, -0.2) is 0 Å². The van der Waals surface area contributed by atoms with Crippen molar-refractivity contribution in [3.05, 3.63) is 0 Å². The lowest BCUT2D eigenvalue weighted by molar-refractivity contribution is -0.0211. The largest absolute Gasteiger partial charge is 0.377 e. The number of hydrogen-bond donors (Lipinski definition) is 1. The topological polar surface area (TPSA) is 24.5 Å². The van der Waals surface area contributed by atoms with E-state index in [9.17, 15) is 0 Å². The number of ether oxygens (including phenoxy) is 1. The van der Waals surface area contributed by atoms with E-state index in [0.717, 1.165) is 13.2 Å². The van der Waals surface area contributed by atoms with E-state index in [4.69, 9.17) is 4.74 Å². The summed E-state index contributed by atoms with van der Waals surface area (Å²) in [7, 11) is 0. The van der Waals surface area contributed by atoms with Crippen LogP contribution in [-0.2, 0) is 4.74 Å². The molecule has 0 aromatic carbocycles. The third kappa shape index (κ3) is 2.90. The SMILES string of the molecule is CC(C)OCCN1CC2(CCCC2)NCC12CCCC2. The van der Waals surface area contributed by atoms with E-state index in [0.29, 0.717) is 17.2 Å². The summed E-state index contributed by atoms with van der Waals surface area (Å²) < 4.78 is 5.84. The fraction of sp³-hybridized carbons (Fsp3) is 1.00. The average Bonchev–Trinajstić information content (AvgIpc) is 3.04. The van der Waals surface area contributed by atoms with Gasteiger partial charge < -0.3 is 10.1 Å². The summed E-state index contributed by atoms with van der Waals surface area (Å²) in [6.45, 7) is 8.78. The van der Waals surface area contributed by atoms with Gasteiger partial charge in [0.1, 0.15) is 0 Å². The van der Waals surface area contributed by atoms with Gasteiger partial charge in [0.05, 0.1) is 12.7 Å².